The van der Waals surface area contributed by atoms with E-state index >= 15 is 0 Å². The van der Waals surface area contributed by atoms with Crippen molar-refractivity contribution in [3.05, 3.63) is 35.1 Å². The number of likely N-dealkylation sites (N-methyl/N-ethyl adjacent to an activating group) is 1. The van der Waals surface area contributed by atoms with Crippen molar-refractivity contribution >= 4 is 0 Å². The minimum atomic E-state index is -0.213. The van der Waals surface area contributed by atoms with Crippen LogP contribution in [0.3, 0.4) is 0 Å². The van der Waals surface area contributed by atoms with Crippen LogP contribution in [0, 0.1) is 5.82 Å². The second-order valence-corrected chi connectivity index (χ2v) is 4.05. The van der Waals surface area contributed by atoms with Gasteiger partial charge in [-0.2, -0.15) is 0 Å². The molecule has 0 saturated carbocycles. The molecule has 96 valence electrons. The van der Waals surface area contributed by atoms with Gasteiger partial charge in [-0.3, -0.25) is 4.90 Å². The molecule has 2 N–H and O–H groups in total. The van der Waals surface area contributed by atoms with E-state index in [4.69, 9.17) is 10.5 Å². The molecule has 17 heavy (non-hydrogen) atoms. The predicted molar refractivity (Wildman–Crippen MR) is 67.1 cm³/mol. The van der Waals surface area contributed by atoms with Gasteiger partial charge >= 0.3 is 0 Å². The highest BCUT2D eigenvalue weighted by Crippen LogP contribution is 2.12. The zero-order chi connectivity index (χ0) is 12.7. The Balaban J connectivity index is 2.57. The summed E-state index contributed by atoms with van der Waals surface area (Å²) in [7, 11) is 1.99. The van der Waals surface area contributed by atoms with Crippen molar-refractivity contribution in [2.45, 2.75) is 20.0 Å². The van der Waals surface area contributed by atoms with E-state index in [1.165, 1.54) is 6.07 Å². The van der Waals surface area contributed by atoms with Crippen LogP contribution in [-0.4, -0.2) is 31.7 Å². The Kier molecular flexibility index (Phi) is 6.11. The molecule has 1 aromatic carbocycles. The Bertz CT molecular complexity index is 344. The predicted octanol–water partition coefficient (Wildman–Crippen LogP) is 1.75. The van der Waals surface area contributed by atoms with Crippen LogP contribution in [0.25, 0.3) is 0 Å². The smallest absolute Gasteiger partial charge is 0.123 e. The summed E-state index contributed by atoms with van der Waals surface area (Å²) < 4.78 is 18.4. The number of nitrogens with two attached hydrogens (primary N) is 1. The monoisotopic (exact) mass is 240 g/mol. The van der Waals surface area contributed by atoms with E-state index in [0.717, 1.165) is 24.3 Å². The van der Waals surface area contributed by atoms with Gasteiger partial charge in [-0.1, -0.05) is 6.07 Å². The maximum Gasteiger partial charge on any atom is 0.123 e. The first kappa shape index (κ1) is 14.1. The third kappa shape index (κ3) is 4.81. The molecule has 0 saturated heterocycles. The van der Waals surface area contributed by atoms with E-state index in [-0.39, 0.29) is 5.82 Å². The number of benzene rings is 1. The zero-order valence-corrected chi connectivity index (χ0v) is 10.6. The van der Waals surface area contributed by atoms with Crippen LogP contribution >= 0.6 is 0 Å². The quantitative estimate of drug-likeness (QED) is 0.738. The molecule has 1 aromatic rings. The molecule has 0 aliphatic carbocycles. The van der Waals surface area contributed by atoms with Crippen LogP contribution in [0.4, 0.5) is 4.39 Å². The minimum absolute atomic E-state index is 0.213. The Hall–Kier alpha value is -0.970. The average Bonchev–Trinajstić information content (AvgIpc) is 2.29. The van der Waals surface area contributed by atoms with Crippen molar-refractivity contribution in [2.24, 2.45) is 5.73 Å². The van der Waals surface area contributed by atoms with Crippen molar-refractivity contribution in [1.82, 2.24) is 4.90 Å². The number of ether oxygens (including phenoxy) is 1. The topological polar surface area (TPSA) is 38.5 Å². The maximum absolute atomic E-state index is 13.2. The van der Waals surface area contributed by atoms with E-state index in [0.29, 0.717) is 19.7 Å². The molecule has 0 heterocycles. The summed E-state index contributed by atoms with van der Waals surface area (Å²) in [6.07, 6.45) is 0. The van der Waals surface area contributed by atoms with Gasteiger partial charge in [-0.15, -0.1) is 0 Å². The zero-order valence-electron chi connectivity index (χ0n) is 10.6. The third-order valence-corrected chi connectivity index (χ3v) is 2.65. The highest BCUT2D eigenvalue weighted by molar-refractivity contribution is 5.27. The third-order valence-electron chi connectivity index (χ3n) is 2.65. The summed E-state index contributed by atoms with van der Waals surface area (Å²) in [5.74, 6) is -0.213. The molecule has 0 aliphatic rings. The molecule has 3 nitrogen and oxygen atoms in total. The van der Waals surface area contributed by atoms with E-state index in [1.54, 1.807) is 12.1 Å². The summed E-state index contributed by atoms with van der Waals surface area (Å²) in [6, 6.07) is 4.76. The standard InChI is InChI=1S/C13H21FN2O/c1-3-17-7-6-16(2)10-12-8-13(14)5-4-11(12)9-15/h4-5,8H,3,6-7,9-10,15H2,1-2H3. The van der Waals surface area contributed by atoms with Crippen LogP contribution in [0.2, 0.25) is 0 Å². The summed E-state index contributed by atoms with van der Waals surface area (Å²) in [6.45, 7) is 5.35. The minimum Gasteiger partial charge on any atom is -0.380 e. The maximum atomic E-state index is 13.2. The number of halogens is 1. The summed E-state index contributed by atoms with van der Waals surface area (Å²) >= 11 is 0. The van der Waals surface area contributed by atoms with Gasteiger partial charge in [-0.25, -0.2) is 4.39 Å². The number of hydrogen-bond donors (Lipinski definition) is 1. The fraction of sp³-hybridized carbons (Fsp3) is 0.538. The lowest BCUT2D eigenvalue weighted by atomic mass is 10.1. The van der Waals surface area contributed by atoms with Crippen molar-refractivity contribution < 1.29 is 9.13 Å². The second-order valence-electron chi connectivity index (χ2n) is 4.05. The largest absolute Gasteiger partial charge is 0.380 e. The Morgan fingerprint density at radius 1 is 1.35 bits per heavy atom. The lowest BCUT2D eigenvalue weighted by Crippen LogP contribution is -2.23. The van der Waals surface area contributed by atoms with Gasteiger partial charge < -0.3 is 10.5 Å². The Labute approximate surface area is 102 Å². The van der Waals surface area contributed by atoms with Crippen molar-refractivity contribution in [3.8, 4) is 0 Å². The molecule has 0 amide bonds. The fourth-order valence-corrected chi connectivity index (χ4v) is 1.68. The lowest BCUT2D eigenvalue weighted by Gasteiger charge is -2.18. The van der Waals surface area contributed by atoms with E-state index in [1.807, 2.05) is 14.0 Å². The highest BCUT2D eigenvalue weighted by Gasteiger charge is 2.06. The first-order valence-corrected chi connectivity index (χ1v) is 5.91. The molecule has 0 atom stereocenters. The second kappa shape index (κ2) is 7.37. The van der Waals surface area contributed by atoms with Crippen LogP contribution < -0.4 is 5.73 Å². The fourth-order valence-electron chi connectivity index (χ4n) is 1.68. The van der Waals surface area contributed by atoms with E-state index in [9.17, 15) is 4.39 Å². The molecule has 0 aliphatic heterocycles. The normalized spacial score (nSPS) is 11.1. The van der Waals surface area contributed by atoms with Crippen molar-refractivity contribution in [2.75, 3.05) is 26.8 Å². The molecule has 0 spiro atoms. The van der Waals surface area contributed by atoms with Crippen LogP contribution in [0.15, 0.2) is 18.2 Å². The van der Waals surface area contributed by atoms with Crippen LogP contribution in [0.1, 0.15) is 18.1 Å². The van der Waals surface area contributed by atoms with E-state index < -0.39 is 0 Å². The van der Waals surface area contributed by atoms with Crippen LogP contribution in [-0.2, 0) is 17.8 Å². The molecule has 0 aromatic heterocycles. The molecule has 0 fully saturated rings. The van der Waals surface area contributed by atoms with Gasteiger partial charge in [0.25, 0.3) is 0 Å². The Morgan fingerprint density at radius 2 is 2.12 bits per heavy atom. The van der Waals surface area contributed by atoms with Gasteiger partial charge in [0.1, 0.15) is 5.82 Å². The summed E-state index contributed by atoms with van der Waals surface area (Å²) in [4.78, 5) is 2.10. The first-order valence-electron chi connectivity index (χ1n) is 5.91. The lowest BCUT2D eigenvalue weighted by molar-refractivity contribution is 0.120. The number of nitrogens with zero attached hydrogens (tertiary/aromatic N) is 1. The van der Waals surface area contributed by atoms with Crippen molar-refractivity contribution in [1.29, 1.82) is 0 Å². The van der Waals surface area contributed by atoms with Gasteiger partial charge in [0.05, 0.1) is 6.61 Å². The average molecular weight is 240 g/mol. The Morgan fingerprint density at radius 3 is 2.76 bits per heavy atom. The molecule has 0 bridgehead atoms. The summed E-state index contributed by atoms with van der Waals surface area (Å²) in [5.41, 5.74) is 7.58. The van der Waals surface area contributed by atoms with Gasteiger partial charge in [0.2, 0.25) is 0 Å². The van der Waals surface area contributed by atoms with Gasteiger partial charge in [0.15, 0.2) is 0 Å². The van der Waals surface area contributed by atoms with Gasteiger partial charge in [0, 0.05) is 26.2 Å². The molecule has 4 heteroatoms. The first-order chi connectivity index (χ1) is 8.17. The van der Waals surface area contributed by atoms with Crippen LogP contribution in [0.5, 0.6) is 0 Å². The number of rotatable bonds is 7. The van der Waals surface area contributed by atoms with E-state index in [2.05, 4.69) is 4.90 Å². The highest BCUT2D eigenvalue weighted by atomic mass is 19.1. The van der Waals surface area contributed by atoms with Crippen molar-refractivity contribution in [3.63, 3.8) is 0 Å². The molecule has 0 radical (unpaired) electrons. The molecule has 0 unspecified atom stereocenters. The molecular weight excluding hydrogens is 219 g/mol. The number of hydrogen-bond acceptors (Lipinski definition) is 3. The van der Waals surface area contributed by atoms with Gasteiger partial charge in [-0.05, 0) is 37.2 Å². The molecular formula is C13H21FN2O. The SMILES string of the molecule is CCOCCN(C)Cc1cc(F)ccc1CN. The summed E-state index contributed by atoms with van der Waals surface area (Å²) in [5, 5.41) is 0. The molecule has 1 rings (SSSR count).